The molecule has 3 N–H and O–H groups in total. The van der Waals surface area contributed by atoms with Gasteiger partial charge in [-0.15, -0.1) is 0 Å². The molecule has 3 nitrogen and oxygen atoms in total. The van der Waals surface area contributed by atoms with Crippen molar-refractivity contribution in [2.75, 3.05) is 32.7 Å². The third-order valence-corrected chi connectivity index (χ3v) is 3.29. The molecular weight excluding hydrogens is 198 g/mol. The van der Waals surface area contributed by atoms with Gasteiger partial charge in [-0.3, -0.25) is 0 Å². The van der Waals surface area contributed by atoms with Crippen molar-refractivity contribution < 1.29 is 0 Å². The highest BCUT2D eigenvalue weighted by atomic mass is 15.0. The van der Waals surface area contributed by atoms with Crippen molar-refractivity contribution in [3.05, 3.63) is 23.9 Å². The van der Waals surface area contributed by atoms with Crippen LogP contribution in [0, 0.1) is 5.92 Å². The second kappa shape index (κ2) is 6.71. The minimum atomic E-state index is 0.818. The molecule has 2 fully saturated rings. The molecule has 0 spiro atoms. The molecule has 0 amide bonds. The summed E-state index contributed by atoms with van der Waals surface area (Å²) in [4.78, 5) is 0. The maximum Gasteiger partial charge on any atom is 0.0144 e. The number of piperazine rings is 1. The predicted molar refractivity (Wildman–Crippen MR) is 68.3 cm³/mol. The van der Waals surface area contributed by atoms with E-state index in [9.17, 15) is 0 Å². The lowest BCUT2D eigenvalue weighted by Crippen LogP contribution is -2.39. The van der Waals surface area contributed by atoms with Crippen LogP contribution >= 0.6 is 0 Å². The van der Waals surface area contributed by atoms with E-state index in [1.165, 1.54) is 31.5 Å². The summed E-state index contributed by atoms with van der Waals surface area (Å²) in [5.41, 5.74) is 1.47. The lowest BCUT2D eigenvalue weighted by molar-refractivity contribution is 0.443. The normalized spacial score (nSPS) is 28.0. The van der Waals surface area contributed by atoms with Crippen LogP contribution in [-0.4, -0.2) is 32.7 Å². The number of hydrogen-bond donors (Lipinski definition) is 3. The number of allylic oxidation sites excluding steroid dienone is 4. The number of hydrogen-bond acceptors (Lipinski definition) is 3. The van der Waals surface area contributed by atoms with Gasteiger partial charge >= 0.3 is 0 Å². The highest BCUT2D eigenvalue weighted by molar-refractivity contribution is 5.20. The van der Waals surface area contributed by atoms with Gasteiger partial charge in [0.1, 0.15) is 0 Å². The van der Waals surface area contributed by atoms with Gasteiger partial charge in [0.15, 0.2) is 0 Å². The van der Waals surface area contributed by atoms with Gasteiger partial charge in [-0.2, -0.15) is 0 Å². The Balaban J connectivity index is 0.000000138. The third-order valence-electron chi connectivity index (χ3n) is 3.29. The Morgan fingerprint density at radius 1 is 1.00 bits per heavy atom. The Hall–Kier alpha value is -0.800. The van der Waals surface area contributed by atoms with E-state index in [-0.39, 0.29) is 0 Å². The van der Waals surface area contributed by atoms with Gasteiger partial charge in [-0.25, -0.2) is 0 Å². The van der Waals surface area contributed by atoms with Gasteiger partial charge in [0.25, 0.3) is 0 Å². The molecule has 0 aromatic carbocycles. The standard InChI is InChI=1S/C9H13N.C4H10N2/c1-2-6-9-8(4-1)5-3-7-10-9;1-2-6-4-3-5-1/h1-2,6,8,10H,3-5,7H2;5-6H,1-4H2. The lowest BCUT2D eigenvalue weighted by atomic mass is 9.89. The summed E-state index contributed by atoms with van der Waals surface area (Å²) in [7, 11) is 0. The van der Waals surface area contributed by atoms with Gasteiger partial charge in [0, 0.05) is 44.3 Å². The van der Waals surface area contributed by atoms with Crippen LogP contribution in [0.3, 0.4) is 0 Å². The molecule has 3 heteroatoms. The fourth-order valence-electron chi connectivity index (χ4n) is 2.34. The Morgan fingerprint density at radius 3 is 2.38 bits per heavy atom. The van der Waals surface area contributed by atoms with Crippen LogP contribution in [0.25, 0.3) is 0 Å². The van der Waals surface area contributed by atoms with Crippen LogP contribution in [0.5, 0.6) is 0 Å². The number of fused-ring (bicyclic) bond motifs is 1. The molecule has 1 unspecified atom stereocenters. The summed E-state index contributed by atoms with van der Waals surface area (Å²) in [6.07, 6.45) is 10.6. The molecule has 16 heavy (non-hydrogen) atoms. The first-order valence-corrected chi connectivity index (χ1v) is 6.49. The largest absolute Gasteiger partial charge is 0.388 e. The van der Waals surface area contributed by atoms with Crippen molar-refractivity contribution in [3.8, 4) is 0 Å². The number of nitrogens with one attached hydrogen (secondary N) is 3. The van der Waals surface area contributed by atoms with E-state index < -0.39 is 0 Å². The Morgan fingerprint density at radius 2 is 1.75 bits per heavy atom. The fourth-order valence-corrected chi connectivity index (χ4v) is 2.34. The molecule has 90 valence electrons. The summed E-state index contributed by atoms with van der Waals surface area (Å²) < 4.78 is 0. The molecule has 3 rings (SSSR count). The highest BCUT2D eigenvalue weighted by Crippen LogP contribution is 2.25. The first-order chi connectivity index (χ1) is 7.97. The van der Waals surface area contributed by atoms with E-state index in [2.05, 4.69) is 34.2 Å². The monoisotopic (exact) mass is 221 g/mol. The molecule has 0 aromatic rings. The topological polar surface area (TPSA) is 36.1 Å². The average molecular weight is 221 g/mol. The molecule has 0 saturated carbocycles. The summed E-state index contributed by atoms with van der Waals surface area (Å²) in [5, 5.41) is 9.88. The minimum absolute atomic E-state index is 0.818. The van der Waals surface area contributed by atoms with Gasteiger partial charge in [-0.05, 0) is 25.3 Å². The number of piperidine rings is 1. The molecule has 1 aliphatic carbocycles. The van der Waals surface area contributed by atoms with Crippen LogP contribution in [0.2, 0.25) is 0 Å². The summed E-state index contributed by atoms with van der Waals surface area (Å²) in [6, 6.07) is 0. The van der Waals surface area contributed by atoms with E-state index in [1.54, 1.807) is 0 Å². The van der Waals surface area contributed by atoms with Gasteiger partial charge < -0.3 is 16.0 Å². The minimum Gasteiger partial charge on any atom is -0.388 e. The molecule has 2 saturated heterocycles. The van der Waals surface area contributed by atoms with Crippen LogP contribution in [0.1, 0.15) is 19.3 Å². The van der Waals surface area contributed by atoms with E-state index in [0.717, 1.165) is 32.1 Å². The summed E-state index contributed by atoms with van der Waals surface area (Å²) >= 11 is 0. The Bertz CT molecular complexity index is 242. The lowest BCUT2D eigenvalue weighted by Gasteiger charge is -2.27. The van der Waals surface area contributed by atoms with Crippen LogP contribution in [0.4, 0.5) is 0 Å². The Labute approximate surface area is 98.4 Å². The van der Waals surface area contributed by atoms with Gasteiger partial charge in [-0.1, -0.05) is 12.2 Å². The second-order valence-electron chi connectivity index (χ2n) is 4.55. The first-order valence-electron chi connectivity index (χ1n) is 6.49. The van der Waals surface area contributed by atoms with Crippen molar-refractivity contribution in [2.24, 2.45) is 5.92 Å². The van der Waals surface area contributed by atoms with Crippen molar-refractivity contribution in [1.29, 1.82) is 0 Å². The maximum absolute atomic E-state index is 3.43. The van der Waals surface area contributed by atoms with E-state index >= 15 is 0 Å². The van der Waals surface area contributed by atoms with Crippen molar-refractivity contribution >= 4 is 0 Å². The fraction of sp³-hybridized carbons (Fsp3) is 0.692. The van der Waals surface area contributed by atoms with Gasteiger partial charge in [0.05, 0.1) is 0 Å². The highest BCUT2D eigenvalue weighted by Gasteiger charge is 2.17. The zero-order valence-electron chi connectivity index (χ0n) is 9.97. The van der Waals surface area contributed by atoms with E-state index in [4.69, 9.17) is 0 Å². The maximum atomic E-state index is 3.43. The summed E-state index contributed by atoms with van der Waals surface area (Å²) in [6.45, 7) is 5.73. The van der Waals surface area contributed by atoms with E-state index in [1.807, 2.05) is 0 Å². The molecule has 2 heterocycles. The van der Waals surface area contributed by atoms with E-state index in [0.29, 0.717) is 0 Å². The molecule has 3 aliphatic rings. The molecule has 1 atom stereocenters. The molecule has 0 radical (unpaired) electrons. The third kappa shape index (κ3) is 3.65. The van der Waals surface area contributed by atoms with Crippen molar-refractivity contribution in [1.82, 2.24) is 16.0 Å². The Kier molecular flexibility index (Phi) is 4.90. The summed E-state index contributed by atoms with van der Waals surface area (Å²) in [5.74, 6) is 0.818. The zero-order chi connectivity index (χ0) is 11.1. The van der Waals surface area contributed by atoms with Crippen molar-refractivity contribution in [2.45, 2.75) is 19.3 Å². The molecule has 2 aliphatic heterocycles. The molecule has 0 aromatic heterocycles. The average Bonchev–Trinajstić information content (AvgIpc) is 2.42. The molecule has 0 bridgehead atoms. The van der Waals surface area contributed by atoms with Crippen LogP contribution in [-0.2, 0) is 0 Å². The van der Waals surface area contributed by atoms with Gasteiger partial charge in [0.2, 0.25) is 0 Å². The number of rotatable bonds is 0. The predicted octanol–water partition coefficient (Wildman–Crippen LogP) is 1.01. The van der Waals surface area contributed by atoms with Crippen LogP contribution in [0.15, 0.2) is 23.9 Å². The SMILES string of the molecule is C1=CCC2CCCNC2=C1.C1CNCCN1. The second-order valence-corrected chi connectivity index (χ2v) is 4.55. The quantitative estimate of drug-likeness (QED) is 0.571. The zero-order valence-corrected chi connectivity index (χ0v) is 9.97. The first kappa shape index (κ1) is 11.7. The molecular formula is C13H23N3. The van der Waals surface area contributed by atoms with Crippen molar-refractivity contribution in [3.63, 3.8) is 0 Å². The van der Waals surface area contributed by atoms with Crippen LogP contribution < -0.4 is 16.0 Å². The smallest absolute Gasteiger partial charge is 0.0144 e.